The Morgan fingerprint density at radius 1 is 1.11 bits per heavy atom. The summed E-state index contributed by atoms with van der Waals surface area (Å²) in [5.41, 5.74) is 1.06. The highest BCUT2D eigenvalue weighted by Gasteiger charge is 2.32. The molecule has 1 aliphatic heterocycles. The molecule has 2 aromatic carbocycles. The van der Waals surface area contributed by atoms with Crippen LogP contribution in [0.1, 0.15) is 17.0 Å². The number of fused-ring (bicyclic) bond motifs is 2. The summed E-state index contributed by atoms with van der Waals surface area (Å²) in [6, 6.07) is 10.8. The molecule has 3 nitrogen and oxygen atoms in total. The van der Waals surface area contributed by atoms with Gasteiger partial charge in [0, 0.05) is 17.2 Å². The van der Waals surface area contributed by atoms with Crippen LogP contribution in [-0.2, 0) is 4.79 Å². The summed E-state index contributed by atoms with van der Waals surface area (Å²) >= 11 is 0. The van der Waals surface area contributed by atoms with Crippen LogP contribution in [0.3, 0.4) is 0 Å². The Kier molecular flexibility index (Phi) is 2.30. The molecule has 1 atom stereocenters. The number of halogens is 1. The Hall–Kier alpha value is -2.36. The summed E-state index contributed by atoms with van der Waals surface area (Å²) in [5.74, 6) is -1.51. The van der Waals surface area contributed by atoms with Gasteiger partial charge in [0.1, 0.15) is 23.2 Å². The molecule has 1 N–H and O–H groups in total. The Bertz CT molecular complexity index is 637. The van der Waals surface area contributed by atoms with Gasteiger partial charge >= 0.3 is 5.97 Å². The number of aliphatic carboxylic acids is 1. The van der Waals surface area contributed by atoms with Crippen LogP contribution in [0.5, 0.6) is 11.5 Å². The van der Waals surface area contributed by atoms with Gasteiger partial charge in [0.2, 0.25) is 0 Å². The molecule has 0 saturated carbocycles. The second-order valence-corrected chi connectivity index (χ2v) is 4.09. The number of hydrogen-bond acceptors (Lipinski definition) is 2. The molecule has 1 aliphatic rings. The third-order valence-electron chi connectivity index (χ3n) is 2.98. The second kappa shape index (κ2) is 3.84. The molecule has 0 spiro atoms. The number of carboxylic acids is 1. The van der Waals surface area contributed by atoms with Crippen molar-refractivity contribution >= 4 is 5.97 Å². The molecule has 1 heterocycles. The van der Waals surface area contributed by atoms with Crippen molar-refractivity contribution in [2.75, 3.05) is 0 Å². The number of ether oxygens (including phenoxy) is 1. The first kappa shape index (κ1) is 10.8. The van der Waals surface area contributed by atoms with Gasteiger partial charge in [-0.3, -0.25) is 4.79 Å². The summed E-state index contributed by atoms with van der Waals surface area (Å²) in [5, 5.41) is 9.35. The standard InChI is InChI=1S/C14H9FO3/c15-8-5-6-10-12(7-8)18-11-4-2-1-3-9(11)13(10)14(16)17/h1-7,13H,(H,16,17)/t13-/m1/s1. The second-order valence-electron chi connectivity index (χ2n) is 4.09. The molecule has 3 rings (SSSR count). The van der Waals surface area contributed by atoms with E-state index in [0.717, 1.165) is 0 Å². The molecule has 2 aromatic rings. The van der Waals surface area contributed by atoms with E-state index < -0.39 is 17.7 Å². The SMILES string of the molecule is O=C(O)[C@@H]1c2ccccc2Oc2cc(F)ccc21. The summed E-state index contributed by atoms with van der Waals surface area (Å²) < 4.78 is 18.7. The third-order valence-corrected chi connectivity index (χ3v) is 2.98. The van der Waals surface area contributed by atoms with E-state index >= 15 is 0 Å². The zero-order valence-corrected chi connectivity index (χ0v) is 9.26. The van der Waals surface area contributed by atoms with Crippen molar-refractivity contribution in [1.29, 1.82) is 0 Å². The molecule has 0 aliphatic carbocycles. The molecule has 0 fully saturated rings. The predicted molar refractivity (Wildman–Crippen MR) is 62.4 cm³/mol. The smallest absolute Gasteiger partial charge is 0.315 e. The predicted octanol–water partition coefficient (Wildman–Crippen LogP) is 3.15. The monoisotopic (exact) mass is 244 g/mol. The van der Waals surface area contributed by atoms with E-state index in [4.69, 9.17) is 4.74 Å². The number of para-hydroxylation sites is 1. The molecular formula is C14H9FO3. The van der Waals surface area contributed by atoms with Crippen LogP contribution in [0.4, 0.5) is 4.39 Å². The lowest BCUT2D eigenvalue weighted by molar-refractivity contribution is -0.137. The van der Waals surface area contributed by atoms with Crippen molar-refractivity contribution in [3.63, 3.8) is 0 Å². The zero-order valence-electron chi connectivity index (χ0n) is 9.26. The molecule has 0 bridgehead atoms. The van der Waals surface area contributed by atoms with Crippen LogP contribution in [0.25, 0.3) is 0 Å². The van der Waals surface area contributed by atoms with Crippen molar-refractivity contribution < 1.29 is 19.0 Å². The molecule has 0 unspecified atom stereocenters. The van der Waals surface area contributed by atoms with Gasteiger partial charge in [-0.25, -0.2) is 4.39 Å². The Morgan fingerprint density at radius 2 is 1.83 bits per heavy atom. The molecule has 0 saturated heterocycles. The van der Waals surface area contributed by atoms with Gasteiger partial charge in [-0.15, -0.1) is 0 Å². The highest BCUT2D eigenvalue weighted by molar-refractivity contribution is 5.83. The largest absolute Gasteiger partial charge is 0.481 e. The van der Waals surface area contributed by atoms with Crippen molar-refractivity contribution in [2.45, 2.75) is 5.92 Å². The first-order chi connectivity index (χ1) is 8.66. The van der Waals surface area contributed by atoms with Crippen molar-refractivity contribution in [3.05, 3.63) is 59.4 Å². The molecule has 0 radical (unpaired) electrons. The number of hydrogen-bond donors (Lipinski definition) is 1. The first-order valence-corrected chi connectivity index (χ1v) is 5.46. The van der Waals surface area contributed by atoms with Crippen molar-refractivity contribution in [3.8, 4) is 11.5 Å². The molecule has 90 valence electrons. The molecule has 18 heavy (non-hydrogen) atoms. The first-order valence-electron chi connectivity index (χ1n) is 5.46. The maximum atomic E-state index is 13.2. The molecule has 4 heteroatoms. The lowest BCUT2D eigenvalue weighted by Crippen LogP contribution is -2.18. The topological polar surface area (TPSA) is 46.5 Å². The van der Waals surface area contributed by atoms with Gasteiger partial charge in [-0.2, -0.15) is 0 Å². The quantitative estimate of drug-likeness (QED) is 0.838. The highest BCUT2D eigenvalue weighted by atomic mass is 19.1. The summed E-state index contributed by atoms with van der Waals surface area (Å²) in [4.78, 5) is 11.4. The summed E-state index contributed by atoms with van der Waals surface area (Å²) in [6.45, 7) is 0. The minimum Gasteiger partial charge on any atom is -0.481 e. The number of benzene rings is 2. The van der Waals surface area contributed by atoms with Crippen molar-refractivity contribution in [1.82, 2.24) is 0 Å². The van der Waals surface area contributed by atoms with Crippen LogP contribution in [-0.4, -0.2) is 11.1 Å². The molecule has 0 amide bonds. The fraction of sp³-hybridized carbons (Fsp3) is 0.0714. The fourth-order valence-electron chi connectivity index (χ4n) is 2.20. The molecule has 0 aromatic heterocycles. The van der Waals surface area contributed by atoms with Gasteiger partial charge in [0.15, 0.2) is 0 Å². The zero-order chi connectivity index (χ0) is 12.7. The number of carbonyl (C=O) groups is 1. The Morgan fingerprint density at radius 3 is 2.61 bits per heavy atom. The average Bonchev–Trinajstić information content (AvgIpc) is 2.35. The van der Waals surface area contributed by atoms with E-state index in [1.165, 1.54) is 18.2 Å². The average molecular weight is 244 g/mol. The van der Waals surface area contributed by atoms with Crippen LogP contribution < -0.4 is 4.74 Å². The summed E-state index contributed by atoms with van der Waals surface area (Å²) in [7, 11) is 0. The van der Waals surface area contributed by atoms with E-state index in [-0.39, 0.29) is 5.75 Å². The van der Waals surface area contributed by atoms with E-state index in [2.05, 4.69) is 0 Å². The summed E-state index contributed by atoms with van der Waals surface area (Å²) in [6.07, 6.45) is 0. The van der Waals surface area contributed by atoms with Gasteiger partial charge in [0.05, 0.1) is 0 Å². The van der Waals surface area contributed by atoms with Gasteiger partial charge in [0.25, 0.3) is 0 Å². The van der Waals surface area contributed by atoms with E-state index in [1.807, 2.05) is 0 Å². The maximum Gasteiger partial charge on any atom is 0.315 e. The lowest BCUT2D eigenvalue weighted by Gasteiger charge is -2.25. The van der Waals surface area contributed by atoms with Crippen LogP contribution >= 0.6 is 0 Å². The third kappa shape index (κ3) is 1.54. The highest BCUT2D eigenvalue weighted by Crippen LogP contribution is 2.44. The number of rotatable bonds is 1. The minimum absolute atomic E-state index is 0.265. The van der Waals surface area contributed by atoms with Gasteiger partial charge in [-0.1, -0.05) is 24.3 Å². The van der Waals surface area contributed by atoms with E-state index in [0.29, 0.717) is 16.9 Å². The van der Waals surface area contributed by atoms with Gasteiger partial charge in [-0.05, 0) is 12.1 Å². The molecular weight excluding hydrogens is 235 g/mol. The van der Waals surface area contributed by atoms with Crippen LogP contribution in [0.2, 0.25) is 0 Å². The fourth-order valence-corrected chi connectivity index (χ4v) is 2.20. The lowest BCUT2D eigenvalue weighted by atomic mass is 9.88. The van der Waals surface area contributed by atoms with Crippen LogP contribution in [0.15, 0.2) is 42.5 Å². The van der Waals surface area contributed by atoms with Gasteiger partial charge < -0.3 is 9.84 Å². The van der Waals surface area contributed by atoms with Crippen LogP contribution in [0, 0.1) is 5.82 Å². The Labute approximate surface area is 102 Å². The maximum absolute atomic E-state index is 13.2. The minimum atomic E-state index is -0.974. The van der Waals surface area contributed by atoms with Crippen molar-refractivity contribution in [2.24, 2.45) is 0 Å². The normalized spacial score (nSPS) is 16.4. The van der Waals surface area contributed by atoms with E-state index in [1.54, 1.807) is 24.3 Å². The number of carboxylic acid groups (broad SMARTS) is 1. The van der Waals surface area contributed by atoms with E-state index in [9.17, 15) is 14.3 Å². The Balaban J connectivity index is 2.23.